The van der Waals surface area contributed by atoms with Crippen molar-refractivity contribution < 1.29 is 21.9 Å². The van der Waals surface area contributed by atoms with Gasteiger partial charge < -0.3 is 22.5 Å². The van der Waals surface area contributed by atoms with Crippen LogP contribution >= 0.6 is 11.6 Å². The lowest BCUT2D eigenvalue weighted by molar-refractivity contribution is -0.0000237. The van der Waals surface area contributed by atoms with Crippen molar-refractivity contribution in [2.24, 2.45) is 0 Å². The van der Waals surface area contributed by atoms with Gasteiger partial charge in [0, 0.05) is 21.7 Å². The largest absolute Gasteiger partial charge is 1.00 e. The van der Waals surface area contributed by atoms with E-state index in [0.717, 1.165) is 22.2 Å². The van der Waals surface area contributed by atoms with Gasteiger partial charge in [0.15, 0.2) is 5.82 Å². The van der Waals surface area contributed by atoms with Crippen LogP contribution in [0, 0.1) is 0 Å². The summed E-state index contributed by atoms with van der Waals surface area (Å²) < 4.78 is 5.03. The van der Waals surface area contributed by atoms with Crippen LogP contribution in [-0.2, 0) is 4.74 Å². The predicted octanol–water partition coefficient (Wildman–Crippen LogP) is 2.87. The minimum atomic E-state index is -0.337. The van der Waals surface area contributed by atoms with Gasteiger partial charge in [0.05, 0.1) is 17.7 Å². The second-order valence-corrected chi connectivity index (χ2v) is 6.78. The van der Waals surface area contributed by atoms with Crippen molar-refractivity contribution in [1.82, 2.24) is 9.97 Å². The summed E-state index contributed by atoms with van der Waals surface area (Å²) >= 11 is 6.00. The minimum absolute atomic E-state index is 0. The molecule has 0 bridgehead atoms. The maximum atomic E-state index is 11.8. The fraction of sp³-hybridized carbons (Fsp3) is 0.0870. The molecular formula is C23H18Cl2N3O2-. The summed E-state index contributed by atoms with van der Waals surface area (Å²) in [5.41, 5.74) is 3.02. The van der Waals surface area contributed by atoms with Gasteiger partial charge in [0.1, 0.15) is 5.82 Å². The highest BCUT2D eigenvalue weighted by Crippen LogP contribution is 2.28. The second kappa shape index (κ2) is 9.57. The van der Waals surface area contributed by atoms with E-state index in [1.165, 1.54) is 0 Å². The molecular weight excluding hydrogens is 421 g/mol. The van der Waals surface area contributed by atoms with Crippen LogP contribution < -0.4 is 17.7 Å². The van der Waals surface area contributed by atoms with Gasteiger partial charge in [-0.05, 0) is 67.6 Å². The number of para-hydroxylation sites is 1. The third kappa shape index (κ3) is 4.70. The van der Waals surface area contributed by atoms with Crippen molar-refractivity contribution in [3.63, 3.8) is 0 Å². The van der Waals surface area contributed by atoms with E-state index in [9.17, 15) is 4.79 Å². The van der Waals surface area contributed by atoms with Crippen molar-refractivity contribution >= 4 is 40.0 Å². The number of hydrogen-bond acceptors (Lipinski definition) is 5. The normalized spacial score (nSPS) is 10.3. The summed E-state index contributed by atoms with van der Waals surface area (Å²) in [7, 11) is 0. The number of aromatic nitrogens is 2. The average molecular weight is 439 g/mol. The quantitative estimate of drug-likeness (QED) is 0.485. The van der Waals surface area contributed by atoms with E-state index in [4.69, 9.17) is 21.3 Å². The maximum absolute atomic E-state index is 11.8. The maximum Gasteiger partial charge on any atom is 0.338 e. The van der Waals surface area contributed by atoms with Crippen molar-refractivity contribution in [3.05, 3.63) is 83.4 Å². The van der Waals surface area contributed by atoms with Crippen molar-refractivity contribution in [1.29, 1.82) is 0 Å². The molecule has 30 heavy (non-hydrogen) atoms. The van der Waals surface area contributed by atoms with Gasteiger partial charge in [-0.2, -0.15) is 0 Å². The first-order chi connectivity index (χ1) is 14.1. The molecule has 1 heterocycles. The highest BCUT2D eigenvalue weighted by Gasteiger charge is 2.11. The van der Waals surface area contributed by atoms with Gasteiger partial charge in [-0.15, -0.1) is 0 Å². The highest BCUT2D eigenvalue weighted by atomic mass is 35.5. The molecule has 0 saturated heterocycles. The van der Waals surface area contributed by atoms with Crippen LogP contribution in [0.15, 0.2) is 72.8 Å². The number of esters is 1. The average Bonchev–Trinajstić information content (AvgIpc) is 2.75. The molecule has 0 atom stereocenters. The van der Waals surface area contributed by atoms with Gasteiger partial charge in [0.2, 0.25) is 0 Å². The van der Waals surface area contributed by atoms with E-state index >= 15 is 0 Å². The number of anilines is 2. The minimum Gasteiger partial charge on any atom is -1.00 e. The molecule has 0 aliphatic carbocycles. The smallest absolute Gasteiger partial charge is 0.338 e. The fourth-order valence-corrected chi connectivity index (χ4v) is 3.07. The Morgan fingerprint density at radius 1 is 0.967 bits per heavy atom. The second-order valence-electron chi connectivity index (χ2n) is 6.34. The Morgan fingerprint density at radius 3 is 2.37 bits per heavy atom. The van der Waals surface area contributed by atoms with E-state index in [1.54, 1.807) is 19.1 Å². The number of benzene rings is 3. The predicted molar refractivity (Wildman–Crippen MR) is 116 cm³/mol. The van der Waals surface area contributed by atoms with Crippen LogP contribution in [0.4, 0.5) is 11.5 Å². The van der Waals surface area contributed by atoms with Crippen LogP contribution in [0.3, 0.4) is 0 Å². The Labute approximate surface area is 185 Å². The first kappa shape index (κ1) is 21.6. The first-order valence-electron chi connectivity index (χ1n) is 9.21. The lowest BCUT2D eigenvalue weighted by Gasteiger charge is -2.11. The van der Waals surface area contributed by atoms with Gasteiger partial charge >= 0.3 is 5.97 Å². The molecule has 152 valence electrons. The van der Waals surface area contributed by atoms with E-state index < -0.39 is 0 Å². The molecule has 4 rings (SSSR count). The van der Waals surface area contributed by atoms with Crippen LogP contribution in [0.2, 0.25) is 5.02 Å². The molecule has 1 N–H and O–H groups in total. The van der Waals surface area contributed by atoms with E-state index in [1.807, 2.05) is 60.7 Å². The van der Waals surface area contributed by atoms with Crippen LogP contribution in [0.1, 0.15) is 17.3 Å². The molecule has 0 fully saturated rings. The molecule has 0 saturated carbocycles. The Hall–Kier alpha value is -3.15. The Balaban J connectivity index is 0.00000256. The van der Waals surface area contributed by atoms with Crippen LogP contribution in [0.25, 0.3) is 22.3 Å². The summed E-state index contributed by atoms with van der Waals surface area (Å²) in [6.07, 6.45) is 0. The van der Waals surface area contributed by atoms with Crippen molar-refractivity contribution in [2.75, 3.05) is 11.9 Å². The molecule has 0 unspecified atom stereocenters. The van der Waals surface area contributed by atoms with Gasteiger partial charge in [-0.1, -0.05) is 23.7 Å². The molecule has 4 aromatic rings. The highest BCUT2D eigenvalue weighted by molar-refractivity contribution is 6.30. The van der Waals surface area contributed by atoms with E-state index in [-0.39, 0.29) is 18.4 Å². The number of ether oxygens (including phenoxy) is 1. The number of nitrogens with one attached hydrogen (secondary N) is 1. The standard InChI is InChI=1S/C23H18ClN3O2.ClH/c1-2-29-23(28)16-9-13-18(14-10-16)25-22-19-5-3-4-6-20(19)26-21(27-22)15-7-11-17(24)12-8-15;/h3-14H,2H2,1H3,(H,25,26,27);1H/p-1. The van der Waals surface area contributed by atoms with Crippen LogP contribution in [0.5, 0.6) is 0 Å². The SMILES string of the molecule is CCOC(=O)c1ccc(Nc2nc(-c3ccc(Cl)cc3)nc3ccccc23)cc1.[Cl-]. The fourth-order valence-electron chi connectivity index (χ4n) is 2.94. The molecule has 0 spiro atoms. The van der Waals surface area contributed by atoms with E-state index in [0.29, 0.717) is 28.8 Å². The molecule has 0 aliphatic rings. The van der Waals surface area contributed by atoms with Gasteiger partial charge in [-0.3, -0.25) is 0 Å². The monoisotopic (exact) mass is 438 g/mol. The molecule has 0 aliphatic heterocycles. The third-order valence-electron chi connectivity index (χ3n) is 4.36. The Morgan fingerprint density at radius 2 is 1.67 bits per heavy atom. The first-order valence-corrected chi connectivity index (χ1v) is 9.59. The number of halogens is 2. The zero-order valence-corrected chi connectivity index (χ0v) is 17.6. The molecule has 0 amide bonds. The van der Waals surface area contributed by atoms with Crippen molar-refractivity contribution in [2.45, 2.75) is 6.92 Å². The van der Waals surface area contributed by atoms with E-state index in [2.05, 4.69) is 10.3 Å². The molecule has 1 aromatic heterocycles. The molecule has 3 aromatic carbocycles. The summed E-state index contributed by atoms with van der Waals surface area (Å²) in [6.45, 7) is 2.13. The number of rotatable bonds is 5. The zero-order chi connectivity index (χ0) is 20.2. The lowest BCUT2D eigenvalue weighted by atomic mass is 10.1. The molecule has 0 radical (unpaired) electrons. The number of nitrogens with zero attached hydrogens (tertiary/aromatic N) is 2. The number of carbonyl (C=O) groups is 1. The number of hydrogen-bond donors (Lipinski definition) is 1. The summed E-state index contributed by atoms with van der Waals surface area (Å²) in [6, 6.07) is 22.3. The summed E-state index contributed by atoms with van der Waals surface area (Å²) in [4.78, 5) is 21.2. The van der Waals surface area contributed by atoms with Gasteiger partial charge in [-0.25, -0.2) is 14.8 Å². The molecule has 7 heteroatoms. The topological polar surface area (TPSA) is 64.1 Å². The Kier molecular flexibility index (Phi) is 6.87. The number of carbonyl (C=O) groups excluding carboxylic acids is 1. The Bertz CT molecular complexity index is 1160. The number of fused-ring (bicyclic) bond motifs is 1. The van der Waals surface area contributed by atoms with Gasteiger partial charge in [0.25, 0.3) is 0 Å². The summed E-state index contributed by atoms with van der Waals surface area (Å²) in [5, 5.41) is 4.90. The molecule has 5 nitrogen and oxygen atoms in total. The van der Waals surface area contributed by atoms with Crippen molar-refractivity contribution in [3.8, 4) is 11.4 Å². The summed E-state index contributed by atoms with van der Waals surface area (Å²) in [5.74, 6) is 0.951. The third-order valence-corrected chi connectivity index (χ3v) is 4.62. The lowest BCUT2D eigenvalue weighted by Crippen LogP contribution is -3.00. The van der Waals surface area contributed by atoms with Crippen LogP contribution in [-0.4, -0.2) is 22.5 Å². The zero-order valence-electron chi connectivity index (χ0n) is 16.1.